The topological polar surface area (TPSA) is 96.2 Å². The predicted molar refractivity (Wildman–Crippen MR) is 129 cm³/mol. The number of rotatable bonds is 7. The number of benzene rings is 3. The molecular formula is C26H23NO7. The summed E-state index contributed by atoms with van der Waals surface area (Å²) < 4.78 is 27.4. The second-order valence-corrected chi connectivity index (χ2v) is 7.26. The minimum Gasteiger partial charge on any atom is -0.497 e. The molecule has 0 aliphatic heterocycles. The van der Waals surface area contributed by atoms with Gasteiger partial charge in [0.25, 0.3) is 5.91 Å². The highest BCUT2D eigenvalue weighted by Gasteiger charge is 2.21. The van der Waals surface area contributed by atoms with Gasteiger partial charge in [0.05, 0.1) is 28.4 Å². The maximum atomic E-state index is 13.0. The molecule has 3 aromatic carbocycles. The number of ether oxygens (including phenoxy) is 4. The van der Waals surface area contributed by atoms with Crippen molar-refractivity contribution in [1.29, 1.82) is 0 Å². The summed E-state index contributed by atoms with van der Waals surface area (Å²) in [4.78, 5) is 25.8. The molecule has 1 N–H and O–H groups in total. The molecule has 0 aliphatic rings. The van der Waals surface area contributed by atoms with Crippen LogP contribution in [0.25, 0.3) is 22.3 Å². The minimum absolute atomic E-state index is 0.226. The van der Waals surface area contributed by atoms with E-state index in [1.54, 1.807) is 61.7 Å². The molecule has 0 fully saturated rings. The van der Waals surface area contributed by atoms with Gasteiger partial charge in [-0.3, -0.25) is 9.59 Å². The van der Waals surface area contributed by atoms with Gasteiger partial charge < -0.3 is 28.7 Å². The molecular weight excluding hydrogens is 438 g/mol. The maximum absolute atomic E-state index is 13.0. The highest BCUT2D eigenvalue weighted by atomic mass is 16.5. The number of amides is 1. The molecule has 174 valence electrons. The Morgan fingerprint density at radius 2 is 1.59 bits per heavy atom. The first-order valence-electron chi connectivity index (χ1n) is 10.3. The zero-order valence-corrected chi connectivity index (χ0v) is 19.1. The lowest BCUT2D eigenvalue weighted by molar-refractivity contribution is 0.102. The molecule has 0 atom stereocenters. The fraction of sp³-hybridized carbons (Fsp3) is 0.154. The standard InChI is InChI=1S/C26H23NO7/c1-30-18-10-6-9-17(12-18)27-26(29)16-8-5-7-15(11-16)20-13-19(28)23-21(34-20)14-22(31-2)24(32-3)25(23)33-4/h5-14H,1-4H3,(H,27,29). The number of nitrogens with one attached hydrogen (secondary N) is 1. The summed E-state index contributed by atoms with van der Waals surface area (Å²) in [5, 5.41) is 3.07. The van der Waals surface area contributed by atoms with E-state index in [-0.39, 0.29) is 28.1 Å². The van der Waals surface area contributed by atoms with Crippen molar-refractivity contribution in [2.24, 2.45) is 0 Å². The van der Waals surface area contributed by atoms with Crippen LogP contribution in [0.1, 0.15) is 10.4 Å². The number of carbonyl (C=O) groups excluding carboxylic acids is 1. The molecule has 0 aliphatic carbocycles. The zero-order valence-electron chi connectivity index (χ0n) is 19.1. The van der Waals surface area contributed by atoms with Crippen molar-refractivity contribution in [2.75, 3.05) is 33.8 Å². The van der Waals surface area contributed by atoms with Gasteiger partial charge in [0.1, 0.15) is 22.5 Å². The molecule has 0 saturated carbocycles. The summed E-state index contributed by atoms with van der Waals surface area (Å²) in [6, 6.07) is 16.8. The van der Waals surface area contributed by atoms with Gasteiger partial charge in [0.2, 0.25) is 5.75 Å². The average molecular weight is 461 g/mol. The van der Waals surface area contributed by atoms with E-state index in [0.717, 1.165) is 0 Å². The van der Waals surface area contributed by atoms with Crippen LogP contribution in [0.3, 0.4) is 0 Å². The number of carbonyl (C=O) groups is 1. The molecule has 0 bridgehead atoms. The number of fused-ring (bicyclic) bond motifs is 1. The van der Waals surface area contributed by atoms with Crippen LogP contribution in [0, 0.1) is 0 Å². The molecule has 4 rings (SSSR count). The highest BCUT2D eigenvalue weighted by molar-refractivity contribution is 6.05. The third-order valence-electron chi connectivity index (χ3n) is 5.26. The molecule has 0 spiro atoms. The Morgan fingerprint density at radius 1 is 0.824 bits per heavy atom. The van der Waals surface area contributed by atoms with Crippen molar-refractivity contribution >= 4 is 22.6 Å². The van der Waals surface area contributed by atoms with Gasteiger partial charge in [-0.2, -0.15) is 0 Å². The van der Waals surface area contributed by atoms with Gasteiger partial charge in [0.15, 0.2) is 16.9 Å². The van der Waals surface area contributed by atoms with E-state index in [9.17, 15) is 9.59 Å². The Balaban J connectivity index is 1.74. The normalized spacial score (nSPS) is 10.6. The van der Waals surface area contributed by atoms with Crippen LogP contribution in [0.15, 0.2) is 69.9 Å². The Bertz CT molecular complexity index is 1420. The lowest BCUT2D eigenvalue weighted by Crippen LogP contribution is -2.12. The lowest BCUT2D eigenvalue weighted by atomic mass is 10.1. The zero-order chi connectivity index (χ0) is 24.2. The molecule has 1 heterocycles. The minimum atomic E-state index is -0.319. The third-order valence-corrected chi connectivity index (χ3v) is 5.26. The van der Waals surface area contributed by atoms with Crippen molar-refractivity contribution < 1.29 is 28.2 Å². The summed E-state index contributed by atoms with van der Waals surface area (Å²) >= 11 is 0. The van der Waals surface area contributed by atoms with Gasteiger partial charge in [-0.15, -0.1) is 0 Å². The molecule has 8 nitrogen and oxygen atoms in total. The van der Waals surface area contributed by atoms with Crippen molar-refractivity contribution in [1.82, 2.24) is 0 Å². The second kappa shape index (κ2) is 9.58. The predicted octanol–water partition coefficient (Wildman–Crippen LogP) is 4.75. The van der Waals surface area contributed by atoms with Crippen LogP contribution in [0.2, 0.25) is 0 Å². The monoisotopic (exact) mass is 461 g/mol. The first kappa shape index (κ1) is 22.7. The summed E-state index contributed by atoms with van der Waals surface area (Å²) in [7, 11) is 5.94. The van der Waals surface area contributed by atoms with Crippen molar-refractivity contribution in [3.63, 3.8) is 0 Å². The molecule has 4 aromatic rings. The quantitative estimate of drug-likeness (QED) is 0.424. The average Bonchev–Trinajstić information content (AvgIpc) is 2.87. The number of anilines is 1. The molecule has 0 radical (unpaired) electrons. The second-order valence-electron chi connectivity index (χ2n) is 7.26. The van der Waals surface area contributed by atoms with E-state index in [4.69, 9.17) is 23.4 Å². The van der Waals surface area contributed by atoms with Gasteiger partial charge >= 0.3 is 0 Å². The van der Waals surface area contributed by atoms with Crippen LogP contribution in [-0.2, 0) is 0 Å². The van der Waals surface area contributed by atoms with Gasteiger partial charge in [0, 0.05) is 35.0 Å². The van der Waals surface area contributed by atoms with Gasteiger partial charge in [-0.25, -0.2) is 0 Å². The Hall–Kier alpha value is -4.46. The summed E-state index contributed by atoms with van der Waals surface area (Å²) in [5.41, 5.74) is 1.50. The van der Waals surface area contributed by atoms with Crippen molar-refractivity contribution in [2.45, 2.75) is 0 Å². The van der Waals surface area contributed by atoms with Crippen molar-refractivity contribution in [3.8, 4) is 34.3 Å². The van der Waals surface area contributed by atoms with E-state index in [1.807, 2.05) is 0 Å². The van der Waals surface area contributed by atoms with E-state index in [0.29, 0.717) is 39.8 Å². The molecule has 34 heavy (non-hydrogen) atoms. The van der Waals surface area contributed by atoms with Crippen molar-refractivity contribution in [3.05, 3.63) is 76.5 Å². The molecule has 0 unspecified atom stereocenters. The molecule has 8 heteroatoms. The summed E-state index contributed by atoms with van der Waals surface area (Å²) in [6.07, 6.45) is 0. The van der Waals surface area contributed by atoms with Crippen LogP contribution < -0.4 is 29.7 Å². The highest BCUT2D eigenvalue weighted by Crippen LogP contribution is 2.42. The number of methoxy groups -OCH3 is 4. The first-order chi connectivity index (χ1) is 16.5. The van der Waals surface area contributed by atoms with Crippen LogP contribution in [-0.4, -0.2) is 34.3 Å². The Kier molecular flexibility index (Phi) is 6.40. The number of hydrogen-bond donors (Lipinski definition) is 1. The molecule has 1 aromatic heterocycles. The lowest BCUT2D eigenvalue weighted by Gasteiger charge is -2.14. The third kappa shape index (κ3) is 4.25. The summed E-state index contributed by atoms with van der Waals surface area (Å²) in [6.45, 7) is 0. The fourth-order valence-electron chi connectivity index (χ4n) is 3.65. The SMILES string of the molecule is COc1cccc(NC(=O)c2cccc(-c3cc(=O)c4c(OC)c(OC)c(OC)cc4o3)c2)c1. The maximum Gasteiger partial charge on any atom is 0.255 e. The van der Waals surface area contributed by atoms with Gasteiger partial charge in [-0.05, 0) is 24.3 Å². The fourth-order valence-corrected chi connectivity index (χ4v) is 3.65. The first-order valence-corrected chi connectivity index (χ1v) is 10.3. The Labute approximate surface area is 195 Å². The van der Waals surface area contributed by atoms with E-state index >= 15 is 0 Å². The summed E-state index contributed by atoms with van der Waals surface area (Å²) in [5.74, 6) is 1.50. The van der Waals surface area contributed by atoms with Crippen LogP contribution in [0.4, 0.5) is 5.69 Å². The molecule has 1 amide bonds. The smallest absolute Gasteiger partial charge is 0.255 e. The largest absolute Gasteiger partial charge is 0.497 e. The molecule has 0 saturated heterocycles. The Morgan fingerprint density at radius 3 is 2.29 bits per heavy atom. The van der Waals surface area contributed by atoms with E-state index < -0.39 is 0 Å². The van der Waals surface area contributed by atoms with Gasteiger partial charge in [-0.1, -0.05) is 18.2 Å². The van der Waals surface area contributed by atoms with Crippen LogP contribution >= 0.6 is 0 Å². The van der Waals surface area contributed by atoms with E-state index in [2.05, 4.69) is 5.32 Å². The van der Waals surface area contributed by atoms with E-state index in [1.165, 1.54) is 27.4 Å². The van der Waals surface area contributed by atoms with Crippen LogP contribution in [0.5, 0.6) is 23.0 Å². The number of hydrogen-bond acceptors (Lipinski definition) is 7.